The highest BCUT2D eigenvalue weighted by atomic mass is 32.1. The number of aryl methyl sites for hydroxylation is 1. The minimum Gasteiger partial charge on any atom is -0.303 e. The fourth-order valence-corrected chi connectivity index (χ4v) is 1.92. The Hall–Kier alpha value is -0.630. The van der Waals surface area contributed by atoms with Crippen molar-refractivity contribution in [2.75, 3.05) is 0 Å². The van der Waals surface area contributed by atoms with Crippen LogP contribution in [-0.2, 0) is 4.79 Å². The molecule has 1 nitrogen and oxygen atoms in total. The molecule has 1 aromatic rings. The van der Waals surface area contributed by atoms with E-state index in [-0.39, 0.29) is 0 Å². The first kappa shape index (κ1) is 8.47. The fraction of sp³-hybridized carbons (Fsp3) is 0.444. The SMILES string of the molecule is Cc1ccc(C(C)CC=O)s1. The molecule has 0 N–H and O–H groups in total. The van der Waals surface area contributed by atoms with Crippen molar-refractivity contribution < 1.29 is 4.79 Å². The van der Waals surface area contributed by atoms with E-state index < -0.39 is 0 Å². The molecule has 1 atom stereocenters. The first-order valence-corrected chi connectivity index (χ1v) is 4.55. The molecular formula is C9H12OS. The van der Waals surface area contributed by atoms with Gasteiger partial charge in [0.05, 0.1) is 0 Å². The van der Waals surface area contributed by atoms with Crippen molar-refractivity contribution in [1.82, 2.24) is 0 Å². The third-order valence-corrected chi connectivity index (χ3v) is 2.93. The molecule has 0 aliphatic rings. The molecule has 60 valence electrons. The average Bonchev–Trinajstić information content (AvgIpc) is 2.36. The highest BCUT2D eigenvalue weighted by Gasteiger charge is 2.05. The predicted molar refractivity (Wildman–Crippen MR) is 48.2 cm³/mol. The minimum atomic E-state index is 0.395. The van der Waals surface area contributed by atoms with Crippen LogP contribution in [0, 0.1) is 6.92 Å². The molecule has 0 saturated heterocycles. The van der Waals surface area contributed by atoms with E-state index >= 15 is 0 Å². The zero-order chi connectivity index (χ0) is 8.27. The Morgan fingerprint density at radius 2 is 2.36 bits per heavy atom. The fourth-order valence-electron chi connectivity index (χ4n) is 0.979. The Morgan fingerprint density at radius 3 is 2.82 bits per heavy atom. The van der Waals surface area contributed by atoms with Crippen LogP contribution in [0.2, 0.25) is 0 Å². The number of carbonyl (C=O) groups is 1. The van der Waals surface area contributed by atoms with E-state index in [0.29, 0.717) is 12.3 Å². The lowest BCUT2D eigenvalue weighted by atomic mass is 10.1. The number of thiophene rings is 1. The molecule has 1 unspecified atom stereocenters. The van der Waals surface area contributed by atoms with Gasteiger partial charge in [0.15, 0.2) is 0 Å². The summed E-state index contributed by atoms with van der Waals surface area (Å²) in [6, 6.07) is 4.20. The second kappa shape index (κ2) is 3.67. The van der Waals surface area contributed by atoms with Gasteiger partial charge in [-0.3, -0.25) is 0 Å². The van der Waals surface area contributed by atoms with Crippen LogP contribution in [0.4, 0.5) is 0 Å². The summed E-state index contributed by atoms with van der Waals surface area (Å²) < 4.78 is 0. The van der Waals surface area contributed by atoms with Crippen LogP contribution in [-0.4, -0.2) is 6.29 Å². The maximum atomic E-state index is 10.2. The van der Waals surface area contributed by atoms with Crippen LogP contribution < -0.4 is 0 Å². The molecule has 11 heavy (non-hydrogen) atoms. The van der Waals surface area contributed by atoms with E-state index in [2.05, 4.69) is 26.0 Å². The maximum absolute atomic E-state index is 10.2. The molecule has 1 aromatic heterocycles. The van der Waals surface area contributed by atoms with E-state index in [1.165, 1.54) is 9.75 Å². The van der Waals surface area contributed by atoms with Crippen LogP contribution in [0.1, 0.15) is 29.0 Å². The third-order valence-electron chi connectivity index (χ3n) is 1.70. The largest absolute Gasteiger partial charge is 0.303 e. The number of rotatable bonds is 3. The van der Waals surface area contributed by atoms with E-state index in [1.54, 1.807) is 11.3 Å². The average molecular weight is 168 g/mol. The van der Waals surface area contributed by atoms with Crippen LogP contribution in [0.25, 0.3) is 0 Å². The smallest absolute Gasteiger partial charge is 0.120 e. The number of carbonyl (C=O) groups excluding carboxylic acids is 1. The van der Waals surface area contributed by atoms with Crippen LogP contribution in [0.15, 0.2) is 12.1 Å². The summed E-state index contributed by atoms with van der Waals surface area (Å²) in [5.74, 6) is 0.395. The summed E-state index contributed by atoms with van der Waals surface area (Å²) in [4.78, 5) is 12.8. The molecule has 0 aliphatic heterocycles. The zero-order valence-corrected chi connectivity index (χ0v) is 7.65. The van der Waals surface area contributed by atoms with Crippen molar-refractivity contribution >= 4 is 17.6 Å². The van der Waals surface area contributed by atoms with Gasteiger partial charge in [0.1, 0.15) is 6.29 Å². The molecule has 2 heteroatoms. The van der Waals surface area contributed by atoms with Crippen molar-refractivity contribution in [3.63, 3.8) is 0 Å². The summed E-state index contributed by atoms with van der Waals surface area (Å²) in [7, 11) is 0. The molecule has 0 radical (unpaired) electrons. The number of hydrogen-bond donors (Lipinski definition) is 0. The summed E-state index contributed by atoms with van der Waals surface area (Å²) >= 11 is 1.78. The summed E-state index contributed by atoms with van der Waals surface area (Å²) in [6.45, 7) is 4.17. The van der Waals surface area contributed by atoms with Gasteiger partial charge < -0.3 is 4.79 Å². The maximum Gasteiger partial charge on any atom is 0.120 e. The van der Waals surface area contributed by atoms with Gasteiger partial charge in [-0.05, 0) is 25.0 Å². The molecule has 0 aromatic carbocycles. The van der Waals surface area contributed by atoms with E-state index in [4.69, 9.17) is 0 Å². The summed E-state index contributed by atoms with van der Waals surface area (Å²) in [5.41, 5.74) is 0. The van der Waals surface area contributed by atoms with Gasteiger partial charge in [-0.15, -0.1) is 11.3 Å². The van der Waals surface area contributed by atoms with Gasteiger partial charge >= 0.3 is 0 Å². The molecule has 0 saturated carbocycles. The van der Waals surface area contributed by atoms with Crippen molar-refractivity contribution in [2.24, 2.45) is 0 Å². The van der Waals surface area contributed by atoms with Gasteiger partial charge in [0, 0.05) is 16.2 Å². The van der Waals surface area contributed by atoms with Gasteiger partial charge in [0.25, 0.3) is 0 Å². The number of aldehydes is 1. The van der Waals surface area contributed by atoms with Gasteiger partial charge in [-0.2, -0.15) is 0 Å². The Labute approximate surface area is 71.1 Å². The molecule has 1 rings (SSSR count). The lowest BCUT2D eigenvalue weighted by Gasteiger charge is -2.01. The van der Waals surface area contributed by atoms with Crippen molar-refractivity contribution in [1.29, 1.82) is 0 Å². The van der Waals surface area contributed by atoms with Crippen molar-refractivity contribution in [3.8, 4) is 0 Å². The predicted octanol–water partition coefficient (Wildman–Crippen LogP) is 2.75. The van der Waals surface area contributed by atoms with Crippen LogP contribution in [0.3, 0.4) is 0 Å². The van der Waals surface area contributed by atoms with Crippen LogP contribution in [0.5, 0.6) is 0 Å². The molecule has 0 amide bonds. The molecule has 1 heterocycles. The third kappa shape index (κ3) is 2.15. The second-order valence-electron chi connectivity index (χ2n) is 2.75. The Kier molecular flexibility index (Phi) is 2.83. The lowest BCUT2D eigenvalue weighted by molar-refractivity contribution is -0.108. The summed E-state index contributed by atoms with van der Waals surface area (Å²) in [6.07, 6.45) is 1.62. The standard InChI is InChI=1S/C9H12OS/c1-7(5-6-10)9-4-3-8(2)11-9/h3-4,6-7H,5H2,1-2H3. The summed E-state index contributed by atoms with van der Waals surface area (Å²) in [5, 5.41) is 0. The topological polar surface area (TPSA) is 17.1 Å². The van der Waals surface area contributed by atoms with Crippen molar-refractivity contribution in [2.45, 2.75) is 26.2 Å². The van der Waals surface area contributed by atoms with Crippen LogP contribution >= 0.6 is 11.3 Å². The lowest BCUT2D eigenvalue weighted by Crippen LogP contribution is -1.89. The molecule has 0 fully saturated rings. The zero-order valence-electron chi connectivity index (χ0n) is 6.83. The Morgan fingerprint density at radius 1 is 1.64 bits per heavy atom. The monoisotopic (exact) mass is 168 g/mol. The molecule has 0 aliphatic carbocycles. The van der Waals surface area contributed by atoms with Gasteiger partial charge in [-0.1, -0.05) is 6.92 Å². The normalized spacial score (nSPS) is 12.9. The van der Waals surface area contributed by atoms with E-state index in [0.717, 1.165) is 6.29 Å². The highest BCUT2D eigenvalue weighted by molar-refractivity contribution is 7.12. The minimum absolute atomic E-state index is 0.395. The first-order valence-electron chi connectivity index (χ1n) is 3.74. The van der Waals surface area contributed by atoms with E-state index in [1.807, 2.05) is 0 Å². The molecule has 0 bridgehead atoms. The van der Waals surface area contributed by atoms with Gasteiger partial charge in [0.2, 0.25) is 0 Å². The first-order chi connectivity index (χ1) is 5.24. The quantitative estimate of drug-likeness (QED) is 0.634. The highest BCUT2D eigenvalue weighted by Crippen LogP contribution is 2.25. The van der Waals surface area contributed by atoms with Crippen molar-refractivity contribution in [3.05, 3.63) is 21.9 Å². The number of hydrogen-bond acceptors (Lipinski definition) is 2. The van der Waals surface area contributed by atoms with Gasteiger partial charge in [-0.25, -0.2) is 0 Å². The molecular weight excluding hydrogens is 156 g/mol. The molecule has 0 spiro atoms. The second-order valence-corrected chi connectivity index (χ2v) is 4.07. The van der Waals surface area contributed by atoms with E-state index in [9.17, 15) is 4.79 Å². The Bertz CT molecular complexity index is 239. The Balaban J connectivity index is 2.67.